The highest BCUT2D eigenvalue weighted by Crippen LogP contribution is 2.16. The van der Waals surface area contributed by atoms with Gasteiger partial charge in [-0.3, -0.25) is 4.79 Å². The number of carbonyl (C=O) groups excluding carboxylic acids is 1. The Morgan fingerprint density at radius 2 is 2.33 bits per heavy atom. The molecule has 0 N–H and O–H groups in total. The highest BCUT2D eigenvalue weighted by molar-refractivity contribution is 7.17. The van der Waals surface area contributed by atoms with Gasteiger partial charge in [0.25, 0.3) is 5.91 Å². The largest absolute Gasteiger partial charge is 0.383 e. The molecule has 7 heteroatoms. The van der Waals surface area contributed by atoms with Crippen LogP contribution >= 0.6 is 22.9 Å². The summed E-state index contributed by atoms with van der Waals surface area (Å²) in [5.74, 6) is -0.191. The van der Waals surface area contributed by atoms with E-state index >= 15 is 0 Å². The molecule has 1 unspecified atom stereocenters. The zero-order valence-electron chi connectivity index (χ0n) is 8.73. The minimum atomic E-state index is -0.191. The molecule has 0 spiro atoms. The fraction of sp³-hybridized carbons (Fsp3) is 0.625. The van der Waals surface area contributed by atoms with Crippen LogP contribution in [0.1, 0.15) is 16.7 Å². The predicted octanol–water partition coefficient (Wildman–Crippen LogP) is 1.30. The number of halogens is 1. The number of hydrogen-bond donors (Lipinski definition) is 0. The fourth-order valence-electron chi connectivity index (χ4n) is 0.996. The van der Waals surface area contributed by atoms with Crippen LogP contribution in [-0.4, -0.2) is 47.8 Å². The molecule has 0 radical (unpaired) electrons. The standard InChI is InChI=1S/C8H12ClN3O2S/c1-5(4-14-3)12(2)7(13)6-10-11-8(9)15-6/h5H,4H2,1-3H3. The van der Waals surface area contributed by atoms with Gasteiger partial charge in [-0.25, -0.2) is 0 Å². The molecule has 0 aliphatic heterocycles. The quantitative estimate of drug-likeness (QED) is 0.807. The molecule has 5 nitrogen and oxygen atoms in total. The maximum absolute atomic E-state index is 11.8. The topological polar surface area (TPSA) is 55.3 Å². The summed E-state index contributed by atoms with van der Waals surface area (Å²) >= 11 is 6.67. The minimum absolute atomic E-state index is 0.00910. The van der Waals surface area contributed by atoms with Gasteiger partial charge in [0, 0.05) is 14.2 Å². The molecule has 1 aromatic heterocycles. The third-order valence-corrected chi connectivity index (χ3v) is 2.98. The zero-order chi connectivity index (χ0) is 11.4. The van der Waals surface area contributed by atoms with Gasteiger partial charge in [0.2, 0.25) is 9.47 Å². The molecular formula is C8H12ClN3O2S. The summed E-state index contributed by atoms with van der Waals surface area (Å²) < 4.78 is 5.23. The van der Waals surface area contributed by atoms with Gasteiger partial charge >= 0.3 is 0 Å². The third kappa shape index (κ3) is 3.12. The van der Waals surface area contributed by atoms with Gasteiger partial charge < -0.3 is 9.64 Å². The van der Waals surface area contributed by atoms with Crippen LogP contribution in [0.5, 0.6) is 0 Å². The van der Waals surface area contributed by atoms with Crippen LogP contribution in [-0.2, 0) is 4.74 Å². The Hall–Kier alpha value is -0.720. The van der Waals surface area contributed by atoms with Crippen LogP contribution in [0.3, 0.4) is 0 Å². The van der Waals surface area contributed by atoms with Gasteiger partial charge in [-0.2, -0.15) is 0 Å². The van der Waals surface area contributed by atoms with Crippen molar-refractivity contribution in [1.29, 1.82) is 0 Å². The number of likely N-dealkylation sites (N-methyl/N-ethyl adjacent to an activating group) is 1. The van der Waals surface area contributed by atoms with E-state index in [0.717, 1.165) is 11.3 Å². The number of amides is 1. The monoisotopic (exact) mass is 249 g/mol. The zero-order valence-corrected chi connectivity index (χ0v) is 10.3. The second kappa shape index (κ2) is 5.39. The molecule has 1 heterocycles. The van der Waals surface area contributed by atoms with Crippen molar-refractivity contribution in [2.45, 2.75) is 13.0 Å². The summed E-state index contributed by atoms with van der Waals surface area (Å²) in [4.78, 5) is 13.3. The Morgan fingerprint density at radius 3 is 2.80 bits per heavy atom. The van der Waals surface area contributed by atoms with E-state index in [1.54, 1.807) is 19.1 Å². The minimum Gasteiger partial charge on any atom is -0.383 e. The van der Waals surface area contributed by atoms with Crippen LogP contribution in [0, 0.1) is 0 Å². The molecule has 1 rings (SSSR count). The molecule has 1 atom stereocenters. The van der Waals surface area contributed by atoms with Gasteiger partial charge in [0.05, 0.1) is 12.6 Å². The van der Waals surface area contributed by atoms with Crippen molar-refractivity contribution in [1.82, 2.24) is 15.1 Å². The average Bonchev–Trinajstić information content (AvgIpc) is 2.63. The Kier molecular flexibility index (Phi) is 4.44. The second-order valence-corrected chi connectivity index (χ2v) is 4.64. The number of rotatable bonds is 4. The van der Waals surface area contributed by atoms with E-state index in [2.05, 4.69) is 10.2 Å². The molecule has 0 bridgehead atoms. The van der Waals surface area contributed by atoms with E-state index in [0.29, 0.717) is 11.6 Å². The first-order valence-electron chi connectivity index (χ1n) is 4.31. The molecule has 1 amide bonds. The van der Waals surface area contributed by atoms with Crippen molar-refractivity contribution >= 4 is 28.8 Å². The maximum Gasteiger partial charge on any atom is 0.284 e. The summed E-state index contributed by atoms with van der Waals surface area (Å²) in [6.45, 7) is 2.37. The fourth-order valence-corrected chi connectivity index (χ4v) is 1.81. The predicted molar refractivity (Wildman–Crippen MR) is 58.4 cm³/mol. The molecule has 0 saturated carbocycles. The summed E-state index contributed by atoms with van der Waals surface area (Å²) in [7, 11) is 3.29. The van der Waals surface area contributed by atoms with Crippen molar-refractivity contribution < 1.29 is 9.53 Å². The number of methoxy groups -OCH3 is 1. The summed E-state index contributed by atoms with van der Waals surface area (Å²) in [5.41, 5.74) is 0. The van der Waals surface area contributed by atoms with Gasteiger partial charge in [-0.05, 0) is 18.5 Å². The first-order valence-corrected chi connectivity index (χ1v) is 5.50. The van der Waals surface area contributed by atoms with E-state index in [1.807, 2.05) is 6.92 Å². The molecule has 0 saturated heterocycles. The molecule has 84 valence electrons. The average molecular weight is 250 g/mol. The smallest absolute Gasteiger partial charge is 0.284 e. The molecule has 0 aromatic carbocycles. The van der Waals surface area contributed by atoms with Gasteiger partial charge in [-0.15, -0.1) is 10.2 Å². The van der Waals surface area contributed by atoms with Crippen molar-refractivity contribution in [2.24, 2.45) is 0 Å². The molecule has 1 aromatic rings. The van der Waals surface area contributed by atoms with Crippen LogP contribution in [0.4, 0.5) is 0 Å². The van der Waals surface area contributed by atoms with E-state index in [-0.39, 0.29) is 16.4 Å². The normalized spacial score (nSPS) is 12.5. The maximum atomic E-state index is 11.8. The first kappa shape index (κ1) is 12.4. The van der Waals surface area contributed by atoms with E-state index in [4.69, 9.17) is 16.3 Å². The van der Waals surface area contributed by atoms with Crippen molar-refractivity contribution in [3.8, 4) is 0 Å². The van der Waals surface area contributed by atoms with E-state index < -0.39 is 0 Å². The van der Waals surface area contributed by atoms with Crippen molar-refractivity contribution in [3.05, 3.63) is 9.47 Å². The summed E-state index contributed by atoms with van der Waals surface area (Å²) in [6.07, 6.45) is 0. The third-order valence-electron chi connectivity index (χ3n) is 1.97. The van der Waals surface area contributed by atoms with Crippen LogP contribution in [0.2, 0.25) is 4.47 Å². The Bertz CT molecular complexity index is 344. The number of hydrogen-bond acceptors (Lipinski definition) is 5. The number of aromatic nitrogens is 2. The van der Waals surface area contributed by atoms with Crippen molar-refractivity contribution in [2.75, 3.05) is 20.8 Å². The molecule has 0 aliphatic carbocycles. The Balaban J connectivity index is 2.68. The van der Waals surface area contributed by atoms with Crippen molar-refractivity contribution in [3.63, 3.8) is 0 Å². The lowest BCUT2D eigenvalue weighted by Gasteiger charge is -2.22. The number of ether oxygens (including phenoxy) is 1. The number of nitrogens with zero attached hydrogens (tertiary/aromatic N) is 3. The Labute approximate surface area is 97.0 Å². The lowest BCUT2D eigenvalue weighted by molar-refractivity contribution is 0.0632. The molecule has 15 heavy (non-hydrogen) atoms. The van der Waals surface area contributed by atoms with Gasteiger partial charge in [0.1, 0.15) is 0 Å². The molecule has 0 aliphatic rings. The lowest BCUT2D eigenvalue weighted by Crippen LogP contribution is -2.37. The summed E-state index contributed by atoms with van der Waals surface area (Å²) in [6, 6.07) is -0.00910. The molecular weight excluding hydrogens is 238 g/mol. The summed E-state index contributed by atoms with van der Waals surface area (Å²) in [5, 5.41) is 7.56. The SMILES string of the molecule is COCC(C)N(C)C(=O)c1nnc(Cl)s1. The highest BCUT2D eigenvalue weighted by atomic mass is 35.5. The second-order valence-electron chi connectivity index (χ2n) is 3.08. The van der Waals surface area contributed by atoms with Crippen LogP contribution in [0.15, 0.2) is 0 Å². The van der Waals surface area contributed by atoms with E-state index in [9.17, 15) is 4.79 Å². The van der Waals surface area contributed by atoms with Crippen LogP contribution in [0.25, 0.3) is 0 Å². The van der Waals surface area contributed by atoms with Crippen LogP contribution < -0.4 is 0 Å². The molecule has 0 fully saturated rings. The lowest BCUT2D eigenvalue weighted by atomic mass is 10.3. The van der Waals surface area contributed by atoms with E-state index in [1.165, 1.54) is 0 Å². The first-order chi connectivity index (χ1) is 7.06. The number of carbonyl (C=O) groups is 1. The highest BCUT2D eigenvalue weighted by Gasteiger charge is 2.20. The Morgan fingerprint density at radius 1 is 1.67 bits per heavy atom. The van der Waals surface area contributed by atoms with Gasteiger partial charge in [-0.1, -0.05) is 11.3 Å². The van der Waals surface area contributed by atoms with Gasteiger partial charge in [0.15, 0.2) is 0 Å².